The topological polar surface area (TPSA) is 53.5 Å². The van der Waals surface area contributed by atoms with Crippen LogP contribution in [0, 0.1) is 0 Å². The molecule has 5 heteroatoms. The number of fused-ring (bicyclic) bond motifs is 1. The molecule has 37 heavy (non-hydrogen) atoms. The van der Waals surface area contributed by atoms with Gasteiger partial charge in [-0.2, -0.15) is 0 Å². The van der Waals surface area contributed by atoms with Gasteiger partial charge in [-0.05, 0) is 48.7 Å². The maximum Gasteiger partial charge on any atom is 0.241 e. The van der Waals surface area contributed by atoms with E-state index >= 15 is 0 Å². The van der Waals surface area contributed by atoms with Gasteiger partial charge >= 0.3 is 0 Å². The fraction of sp³-hybridized carbons (Fsp3) is 0.500. The van der Waals surface area contributed by atoms with E-state index in [9.17, 15) is 0 Å². The molecule has 0 saturated carbocycles. The summed E-state index contributed by atoms with van der Waals surface area (Å²) < 4.78 is 17.9. The van der Waals surface area contributed by atoms with E-state index in [4.69, 9.17) is 14.2 Å². The Morgan fingerprint density at radius 2 is 1.27 bits per heavy atom. The van der Waals surface area contributed by atoms with Gasteiger partial charge in [0.1, 0.15) is 5.75 Å². The maximum absolute atomic E-state index is 6.05. The number of nitrogens with zero attached hydrogens (tertiary/aromatic N) is 2. The fourth-order valence-corrected chi connectivity index (χ4v) is 4.62. The number of benzene rings is 2. The first kappa shape index (κ1) is 27.0. The van der Waals surface area contributed by atoms with E-state index in [1.165, 1.54) is 57.8 Å². The van der Waals surface area contributed by atoms with Crippen molar-refractivity contribution in [1.29, 1.82) is 0 Å². The molecule has 2 aromatic carbocycles. The molecule has 1 atom stereocenters. The second kappa shape index (κ2) is 14.6. The monoisotopic (exact) mass is 502 g/mol. The Kier molecular flexibility index (Phi) is 10.6. The molecule has 0 radical (unpaired) electrons. The molecule has 0 fully saturated rings. The lowest BCUT2D eigenvalue weighted by atomic mass is 10.1. The summed E-state index contributed by atoms with van der Waals surface area (Å²) in [6, 6.07) is 14.1. The van der Waals surface area contributed by atoms with Crippen LogP contribution in [0.4, 0.5) is 0 Å². The quantitative estimate of drug-likeness (QED) is 0.183. The first-order valence-electron chi connectivity index (χ1n) is 14.3. The van der Waals surface area contributed by atoms with Crippen molar-refractivity contribution in [1.82, 2.24) is 9.97 Å². The van der Waals surface area contributed by atoms with Crippen molar-refractivity contribution in [2.45, 2.75) is 97.2 Å². The zero-order valence-corrected chi connectivity index (χ0v) is 22.6. The lowest BCUT2D eigenvalue weighted by Crippen LogP contribution is -2.17. The largest absolute Gasteiger partial charge is 0.494 e. The van der Waals surface area contributed by atoms with Gasteiger partial charge in [-0.1, -0.05) is 83.8 Å². The molecule has 0 saturated heterocycles. The van der Waals surface area contributed by atoms with Gasteiger partial charge in [-0.3, -0.25) is 0 Å². The summed E-state index contributed by atoms with van der Waals surface area (Å²) in [4.78, 5) is 9.25. The average Bonchev–Trinajstić information content (AvgIpc) is 3.35. The highest BCUT2D eigenvalue weighted by atomic mass is 16.7. The molecule has 0 N–H and O–H groups in total. The van der Waals surface area contributed by atoms with Crippen LogP contribution in [0.2, 0.25) is 0 Å². The van der Waals surface area contributed by atoms with Gasteiger partial charge in [-0.15, -0.1) is 0 Å². The molecular weight excluding hydrogens is 460 g/mol. The Bertz CT molecular complexity index is 1070. The van der Waals surface area contributed by atoms with Gasteiger partial charge in [-0.25, -0.2) is 9.97 Å². The number of ether oxygens (including phenoxy) is 3. The highest BCUT2D eigenvalue weighted by Gasteiger charge is 2.24. The summed E-state index contributed by atoms with van der Waals surface area (Å²) in [5.41, 5.74) is 2.98. The highest BCUT2D eigenvalue weighted by molar-refractivity contribution is 5.66. The molecule has 1 aliphatic heterocycles. The number of rotatable bonds is 16. The van der Waals surface area contributed by atoms with E-state index in [0.717, 1.165) is 59.8 Å². The smallest absolute Gasteiger partial charge is 0.241 e. The second-order valence-corrected chi connectivity index (χ2v) is 9.97. The molecule has 1 aromatic heterocycles. The van der Waals surface area contributed by atoms with Crippen molar-refractivity contribution < 1.29 is 14.2 Å². The van der Waals surface area contributed by atoms with Crippen molar-refractivity contribution in [2.24, 2.45) is 0 Å². The Labute approximate surface area is 222 Å². The predicted octanol–water partition coefficient (Wildman–Crippen LogP) is 9.01. The third-order valence-corrected chi connectivity index (χ3v) is 6.87. The average molecular weight is 503 g/mol. The number of hydrogen-bond donors (Lipinski definition) is 0. The zero-order chi connectivity index (χ0) is 25.7. The first-order valence-corrected chi connectivity index (χ1v) is 14.3. The first-order chi connectivity index (χ1) is 18.3. The number of hydrogen-bond acceptors (Lipinski definition) is 5. The van der Waals surface area contributed by atoms with E-state index in [2.05, 4.69) is 35.9 Å². The number of aromatic nitrogens is 2. The third kappa shape index (κ3) is 8.21. The summed E-state index contributed by atoms with van der Waals surface area (Å²) in [5, 5.41) is 0. The molecule has 2 heterocycles. The molecule has 0 amide bonds. The summed E-state index contributed by atoms with van der Waals surface area (Å²) in [7, 11) is 0. The predicted molar refractivity (Wildman–Crippen MR) is 150 cm³/mol. The van der Waals surface area contributed by atoms with Gasteiger partial charge < -0.3 is 14.2 Å². The van der Waals surface area contributed by atoms with Gasteiger partial charge in [0.2, 0.25) is 6.29 Å². The molecular formula is C32H42N2O3. The van der Waals surface area contributed by atoms with Crippen LogP contribution < -0.4 is 14.2 Å². The van der Waals surface area contributed by atoms with Crippen LogP contribution >= 0.6 is 0 Å². The van der Waals surface area contributed by atoms with Crippen molar-refractivity contribution in [2.75, 3.05) is 6.61 Å². The van der Waals surface area contributed by atoms with Crippen LogP contribution in [-0.2, 0) is 0 Å². The van der Waals surface area contributed by atoms with Crippen LogP contribution in [0.25, 0.3) is 22.5 Å². The summed E-state index contributed by atoms with van der Waals surface area (Å²) in [6.07, 6.45) is 18.3. The minimum atomic E-state index is -0.187. The molecule has 3 aromatic rings. The van der Waals surface area contributed by atoms with Crippen LogP contribution in [-0.4, -0.2) is 22.9 Å². The molecule has 0 aliphatic carbocycles. The van der Waals surface area contributed by atoms with Crippen LogP contribution in [0.1, 0.15) is 90.9 Å². The molecule has 5 nitrogen and oxygen atoms in total. The Morgan fingerprint density at radius 3 is 2.00 bits per heavy atom. The van der Waals surface area contributed by atoms with E-state index in [-0.39, 0.29) is 6.29 Å². The SMILES string of the molecule is CCCCCCCCOc1ccc(-c2cnc(-c3ccc4c(c3)OC(CCCCCCC)O4)nc2)cc1. The lowest BCUT2D eigenvalue weighted by molar-refractivity contribution is 0.0395. The lowest BCUT2D eigenvalue weighted by Gasteiger charge is -2.09. The fourth-order valence-electron chi connectivity index (χ4n) is 4.62. The summed E-state index contributed by atoms with van der Waals surface area (Å²) >= 11 is 0. The van der Waals surface area contributed by atoms with Gasteiger partial charge in [0.05, 0.1) is 6.61 Å². The minimum absolute atomic E-state index is 0.187. The second-order valence-electron chi connectivity index (χ2n) is 9.97. The van der Waals surface area contributed by atoms with Crippen molar-refractivity contribution in [3.8, 4) is 39.8 Å². The summed E-state index contributed by atoms with van der Waals surface area (Å²) in [6.45, 7) is 5.26. The molecule has 0 spiro atoms. The minimum Gasteiger partial charge on any atom is -0.494 e. The highest BCUT2D eigenvalue weighted by Crippen LogP contribution is 2.38. The molecule has 0 bridgehead atoms. The van der Waals surface area contributed by atoms with Gasteiger partial charge in [0.25, 0.3) is 0 Å². The molecule has 4 rings (SSSR count). The zero-order valence-electron chi connectivity index (χ0n) is 22.6. The summed E-state index contributed by atoms with van der Waals surface area (Å²) in [5.74, 6) is 3.17. The molecule has 198 valence electrons. The van der Waals surface area contributed by atoms with E-state index in [0.29, 0.717) is 5.82 Å². The van der Waals surface area contributed by atoms with Crippen molar-refractivity contribution in [3.05, 3.63) is 54.9 Å². The third-order valence-electron chi connectivity index (χ3n) is 6.87. The van der Waals surface area contributed by atoms with E-state index in [1.807, 2.05) is 42.7 Å². The van der Waals surface area contributed by atoms with E-state index in [1.54, 1.807) is 0 Å². The van der Waals surface area contributed by atoms with Gasteiger partial charge in [0, 0.05) is 29.9 Å². The molecule has 1 aliphatic rings. The Morgan fingerprint density at radius 1 is 0.649 bits per heavy atom. The van der Waals surface area contributed by atoms with Crippen LogP contribution in [0.5, 0.6) is 17.2 Å². The standard InChI is InChI=1S/C32H42N2O3/c1-3-5-7-9-11-13-21-35-28-18-15-25(16-19-28)27-23-33-32(34-24-27)26-17-20-29-30(22-26)37-31(36-29)14-12-10-8-6-4-2/h15-20,22-24,31H,3-14,21H2,1-2H3. The normalized spacial score (nSPS) is 14.2. The van der Waals surface area contributed by atoms with Crippen LogP contribution in [0.15, 0.2) is 54.9 Å². The van der Waals surface area contributed by atoms with Crippen molar-refractivity contribution >= 4 is 0 Å². The van der Waals surface area contributed by atoms with Crippen LogP contribution in [0.3, 0.4) is 0 Å². The van der Waals surface area contributed by atoms with E-state index < -0.39 is 0 Å². The Hall–Kier alpha value is -3.08. The Balaban J connectivity index is 1.26. The van der Waals surface area contributed by atoms with Crippen molar-refractivity contribution in [3.63, 3.8) is 0 Å². The van der Waals surface area contributed by atoms with Gasteiger partial charge in [0.15, 0.2) is 17.3 Å². The molecule has 1 unspecified atom stereocenters. The number of unbranched alkanes of at least 4 members (excludes halogenated alkanes) is 9. The maximum atomic E-state index is 6.05.